The van der Waals surface area contributed by atoms with E-state index in [2.05, 4.69) is 150 Å². The lowest BCUT2D eigenvalue weighted by Gasteiger charge is -2.44. The molecule has 0 aliphatic carbocycles. The van der Waals surface area contributed by atoms with Gasteiger partial charge in [-0.05, 0) is 0 Å². The van der Waals surface area contributed by atoms with Crippen molar-refractivity contribution in [2.24, 2.45) is 0 Å². The van der Waals surface area contributed by atoms with Crippen molar-refractivity contribution in [3.63, 3.8) is 0 Å². The SMILES string of the molecule is COCCOC.COCCOC.COCCOC.c1ccc([B-](c2ccccc2)(c2ccccc2)c2ccccc2)cc1. The van der Waals surface area contributed by atoms with Crippen LogP contribution in [0.3, 0.4) is 0 Å². The molecule has 7 heteroatoms. The zero-order chi connectivity index (χ0) is 31.4. The molecule has 0 saturated heterocycles. The molecule has 0 amide bonds. The van der Waals surface area contributed by atoms with Crippen LogP contribution in [-0.4, -0.2) is 88.4 Å². The molecule has 43 heavy (non-hydrogen) atoms. The maximum Gasteiger partial charge on any atom is 0.108 e. The second-order valence-electron chi connectivity index (χ2n) is 9.47. The lowest BCUT2D eigenvalue weighted by molar-refractivity contribution is 0.103. The first-order valence-corrected chi connectivity index (χ1v) is 14.5. The van der Waals surface area contributed by atoms with Crippen molar-refractivity contribution in [2.75, 3.05) is 82.3 Å². The highest BCUT2D eigenvalue weighted by atomic mass is 16.5. The van der Waals surface area contributed by atoms with Gasteiger partial charge in [0.25, 0.3) is 0 Å². The molecule has 0 aromatic heterocycles. The summed E-state index contributed by atoms with van der Waals surface area (Å²) >= 11 is 0. The first-order chi connectivity index (χ1) is 21.2. The summed E-state index contributed by atoms with van der Waals surface area (Å²) in [5.74, 6) is 0. The van der Waals surface area contributed by atoms with Gasteiger partial charge in [-0.3, -0.25) is 0 Å². The van der Waals surface area contributed by atoms with Gasteiger partial charge in [0, 0.05) is 42.7 Å². The summed E-state index contributed by atoms with van der Waals surface area (Å²) in [4.78, 5) is 0. The van der Waals surface area contributed by atoms with Crippen LogP contribution in [0.25, 0.3) is 0 Å². The van der Waals surface area contributed by atoms with E-state index in [-0.39, 0.29) is 0 Å². The van der Waals surface area contributed by atoms with Crippen molar-refractivity contribution in [3.05, 3.63) is 121 Å². The number of ether oxygens (including phenoxy) is 6. The van der Waals surface area contributed by atoms with Crippen molar-refractivity contribution < 1.29 is 28.4 Å². The predicted molar refractivity (Wildman–Crippen MR) is 181 cm³/mol. The zero-order valence-corrected chi connectivity index (χ0v) is 26.8. The van der Waals surface area contributed by atoms with E-state index in [1.54, 1.807) is 42.7 Å². The van der Waals surface area contributed by atoms with Gasteiger partial charge in [-0.25, -0.2) is 0 Å². The number of hydrogen-bond acceptors (Lipinski definition) is 6. The van der Waals surface area contributed by atoms with E-state index >= 15 is 0 Å². The molecule has 6 nitrogen and oxygen atoms in total. The van der Waals surface area contributed by atoms with E-state index in [0.29, 0.717) is 39.6 Å². The maximum atomic E-state index is 4.66. The number of methoxy groups -OCH3 is 6. The summed E-state index contributed by atoms with van der Waals surface area (Å²) in [7, 11) is 9.91. The van der Waals surface area contributed by atoms with E-state index < -0.39 is 6.15 Å². The summed E-state index contributed by atoms with van der Waals surface area (Å²) in [6, 6.07) is 43.5. The minimum atomic E-state index is -1.22. The minimum Gasteiger partial charge on any atom is -0.382 e. The van der Waals surface area contributed by atoms with Gasteiger partial charge in [0.15, 0.2) is 0 Å². The van der Waals surface area contributed by atoms with Crippen LogP contribution in [0.1, 0.15) is 0 Å². The van der Waals surface area contributed by atoms with Crippen LogP contribution in [0.5, 0.6) is 0 Å². The van der Waals surface area contributed by atoms with Crippen molar-refractivity contribution >= 4 is 28.0 Å². The lowest BCUT2D eigenvalue weighted by atomic mass is 9.13. The Hall–Kier alpha value is -3.30. The Bertz CT molecular complexity index is 937. The highest BCUT2D eigenvalue weighted by Gasteiger charge is 2.30. The van der Waals surface area contributed by atoms with Gasteiger partial charge in [-0.2, -0.15) is 21.9 Å². The molecular formula is C36H50BO6-. The minimum absolute atomic E-state index is 0.691. The van der Waals surface area contributed by atoms with Crippen molar-refractivity contribution in [3.8, 4) is 0 Å². The van der Waals surface area contributed by atoms with Crippen LogP contribution < -0.4 is 21.9 Å². The first kappa shape index (κ1) is 37.7. The number of benzene rings is 4. The molecule has 4 aromatic carbocycles. The van der Waals surface area contributed by atoms with Crippen LogP contribution >= 0.6 is 0 Å². The summed E-state index contributed by atoms with van der Waals surface area (Å²) in [6.07, 6.45) is -1.22. The molecule has 0 N–H and O–H groups in total. The van der Waals surface area contributed by atoms with Crippen LogP contribution in [0, 0.1) is 0 Å². The highest BCUT2D eigenvalue weighted by Crippen LogP contribution is 2.09. The molecular weight excluding hydrogens is 539 g/mol. The van der Waals surface area contributed by atoms with E-state index in [0.717, 1.165) is 0 Å². The Kier molecular flexibility index (Phi) is 22.1. The summed E-state index contributed by atoms with van der Waals surface area (Å²) < 4.78 is 27.9. The van der Waals surface area contributed by atoms with Gasteiger partial charge in [0.1, 0.15) is 6.15 Å². The normalized spacial score (nSPS) is 10.3. The molecule has 0 spiro atoms. The molecule has 0 heterocycles. The average Bonchev–Trinajstić information content (AvgIpc) is 3.08. The quantitative estimate of drug-likeness (QED) is 0.174. The molecule has 0 saturated carbocycles. The Labute approximate surface area is 259 Å². The fraction of sp³-hybridized carbons (Fsp3) is 0.333. The van der Waals surface area contributed by atoms with Gasteiger partial charge in [-0.15, -0.1) is 0 Å². The maximum absolute atomic E-state index is 4.66. The van der Waals surface area contributed by atoms with E-state index in [4.69, 9.17) is 0 Å². The molecule has 0 aliphatic rings. The van der Waals surface area contributed by atoms with Gasteiger partial charge < -0.3 is 28.4 Å². The van der Waals surface area contributed by atoms with Gasteiger partial charge in [-0.1, -0.05) is 121 Å². The first-order valence-electron chi connectivity index (χ1n) is 14.5. The number of rotatable bonds is 13. The Morgan fingerprint density at radius 2 is 0.465 bits per heavy atom. The van der Waals surface area contributed by atoms with Gasteiger partial charge in [0.2, 0.25) is 0 Å². The standard InChI is InChI=1S/C24H20B.3C4H10O2/c1-5-13-21(14-6-1)25(22-15-7-2-8-16-22,23-17-9-3-10-18-23)24-19-11-4-12-20-24;3*1-5-3-4-6-2/h1-20H;3*3-4H2,1-2H3/q-1;;;. The number of hydrogen-bond donors (Lipinski definition) is 0. The monoisotopic (exact) mass is 589 g/mol. The van der Waals surface area contributed by atoms with Gasteiger partial charge >= 0.3 is 0 Å². The smallest absolute Gasteiger partial charge is 0.108 e. The third-order valence-corrected chi connectivity index (χ3v) is 6.67. The Morgan fingerprint density at radius 3 is 0.605 bits per heavy atom. The fourth-order valence-corrected chi connectivity index (χ4v) is 4.62. The van der Waals surface area contributed by atoms with E-state index in [1.165, 1.54) is 21.9 Å². The fourth-order valence-electron chi connectivity index (χ4n) is 4.62. The molecule has 0 aliphatic heterocycles. The molecule has 4 aromatic rings. The van der Waals surface area contributed by atoms with Crippen LogP contribution in [0.2, 0.25) is 0 Å². The van der Waals surface area contributed by atoms with E-state index in [1.807, 2.05) is 0 Å². The summed E-state index contributed by atoms with van der Waals surface area (Å²) in [5, 5.41) is 0. The van der Waals surface area contributed by atoms with Gasteiger partial charge in [0.05, 0.1) is 39.6 Å². The van der Waals surface area contributed by atoms with Crippen LogP contribution in [0.15, 0.2) is 121 Å². The third-order valence-electron chi connectivity index (χ3n) is 6.67. The third kappa shape index (κ3) is 13.7. The predicted octanol–water partition coefficient (Wildman–Crippen LogP) is 3.90. The van der Waals surface area contributed by atoms with Crippen LogP contribution in [-0.2, 0) is 28.4 Å². The molecule has 0 atom stereocenters. The average molecular weight is 590 g/mol. The summed E-state index contributed by atoms with van der Waals surface area (Å²) in [5.41, 5.74) is 5.36. The van der Waals surface area contributed by atoms with Crippen molar-refractivity contribution in [1.82, 2.24) is 0 Å². The second kappa shape index (κ2) is 25.2. The van der Waals surface area contributed by atoms with Crippen molar-refractivity contribution in [2.45, 2.75) is 0 Å². The molecule has 0 unspecified atom stereocenters. The Balaban J connectivity index is 0.000000422. The highest BCUT2D eigenvalue weighted by molar-refractivity contribution is 7.19. The lowest BCUT2D eigenvalue weighted by Crippen LogP contribution is -2.74. The molecule has 0 bridgehead atoms. The Morgan fingerprint density at radius 1 is 0.302 bits per heavy atom. The largest absolute Gasteiger partial charge is 0.382 e. The zero-order valence-electron chi connectivity index (χ0n) is 26.8. The molecule has 4 rings (SSSR count). The molecule has 0 fully saturated rings. The van der Waals surface area contributed by atoms with Crippen LogP contribution in [0.4, 0.5) is 0 Å². The topological polar surface area (TPSA) is 55.4 Å². The van der Waals surface area contributed by atoms with E-state index in [9.17, 15) is 0 Å². The van der Waals surface area contributed by atoms with Crippen molar-refractivity contribution in [1.29, 1.82) is 0 Å². The summed E-state index contributed by atoms with van der Waals surface area (Å²) in [6.45, 7) is 4.15. The second-order valence-corrected chi connectivity index (χ2v) is 9.47. The molecule has 234 valence electrons. The molecule has 0 radical (unpaired) electrons.